The van der Waals surface area contributed by atoms with Gasteiger partial charge >= 0.3 is 0 Å². The fourth-order valence-electron chi connectivity index (χ4n) is 2.23. The van der Waals surface area contributed by atoms with Gasteiger partial charge in [0.15, 0.2) is 0 Å². The van der Waals surface area contributed by atoms with E-state index in [0.29, 0.717) is 17.3 Å². The monoisotopic (exact) mass is 258 g/mol. The Bertz CT molecular complexity index is 387. The number of hydrogen-bond acceptors (Lipinski definition) is 3. The van der Waals surface area contributed by atoms with Crippen LogP contribution in [0.5, 0.6) is 0 Å². The van der Waals surface area contributed by atoms with Gasteiger partial charge in [-0.05, 0) is 31.0 Å². The van der Waals surface area contributed by atoms with Crippen molar-refractivity contribution in [3.63, 3.8) is 0 Å². The zero-order valence-corrected chi connectivity index (χ0v) is 10.4. The van der Waals surface area contributed by atoms with Gasteiger partial charge in [0.05, 0.1) is 11.6 Å². The van der Waals surface area contributed by atoms with Gasteiger partial charge in [0.1, 0.15) is 5.82 Å². The number of ether oxygens (including phenoxy) is 1. The summed E-state index contributed by atoms with van der Waals surface area (Å²) in [7, 11) is 1.68. The Morgan fingerprint density at radius 2 is 2.24 bits per heavy atom. The van der Waals surface area contributed by atoms with Crippen LogP contribution >= 0.6 is 11.6 Å². The Balaban J connectivity index is 2.09. The highest BCUT2D eigenvalue weighted by atomic mass is 35.5. The van der Waals surface area contributed by atoms with Gasteiger partial charge in [0.2, 0.25) is 0 Å². The van der Waals surface area contributed by atoms with Gasteiger partial charge in [-0.2, -0.15) is 0 Å². The van der Waals surface area contributed by atoms with E-state index >= 15 is 0 Å². The number of anilines is 1. The molecule has 1 aliphatic carbocycles. The molecule has 1 fully saturated rings. The quantitative estimate of drug-likeness (QED) is 0.872. The van der Waals surface area contributed by atoms with E-state index in [1.54, 1.807) is 13.2 Å². The van der Waals surface area contributed by atoms with E-state index in [1.807, 2.05) is 0 Å². The molecule has 3 nitrogen and oxygen atoms in total. The normalized spacial score (nSPS) is 27.6. The van der Waals surface area contributed by atoms with Gasteiger partial charge in [-0.3, -0.25) is 0 Å². The largest absolute Gasteiger partial charge is 0.381 e. The summed E-state index contributed by atoms with van der Waals surface area (Å²) in [5, 5.41) is 3.64. The lowest BCUT2D eigenvalue weighted by molar-refractivity contribution is -0.00245. The van der Waals surface area contributed by atoms with Crippen molar-refractivity contribution >= 4 is 17.3 Å². The maximum Gasteiger partial charge on any atom is 0.126 e. The molecule has 0 radical (unpaired) electrons. The number of methoxy groups -OCH3 is 1. The lowest BCUT2D eigenvalue weighted by Crippen LogP contribution is -2.58. The first-order valence-corrected chi connectivity index (χ1v) is 5.92. The number of nitrogens with two attached hydrogens (primary N) is 1. The van der Waals surface area contributed by atoms with Crippen molar-refractivity contribution in [3.05, 3.63) is 29.0 Å². The maximum atomic E-state index is 13.2. The Hall–Kier alpha value is -0.840. The van der Waals surface area contributed by atoms with Crippen molar-refractivity contribution in [1.82, 2.24) is 0 Å². The molecule has 2 rings (SSSR count). The van der Waals surface area contributed by atoms with Crippen LogP contribution in [0.15, 0.2) is 18.2 Å². The van der Waals surface area contributed by atoms with Crippen LogP contribution in [0.1, 0.15) is 12.8 Å². The summed E-state index contributed by atoms with van der Waals surface area (Å²) >= 11 is 5.80. The minimum absolute atomic E-state index is 0.197. The number of hydrogen-bond donors (Lipinski definition) is 2. The van der Waals surface area contributed by atoms with Crippen LogP contribution in [0.4, 0.5) is 10.1 Å². The average molecular weight is 259 g/mol. The fourth-order valence-corrected chi connectivity index (χ4v) is 2.45. The molecule has 17 heavy (non-hydrogen) atoms. The summed E-state index contributed by atoms with van der Waals surface area (Å²) in [6.45, 7) is 0.487. The number of halogens is 2. The minimum atomic E-state index is -0.352. The van der Waals surface area contributed by atoms with Gasteiger partial charge < -0.3 is 15.8 Å². The van der Waals surface area contributed by atoms with E-state index in [1.165, 1.54) is 12.1 Å². The summed E-state index contributed by atoms with van der Waals surface area (Å²) in [5.74, 6) is -0.352. The Labute approximate surface area is 105 Å². The Morgan fingerprint density at radius 3 is 2.76 bits per heavy atom. The number of nitrogens with one attached hydrogen (secondary N) is 1. The molecule has 0 unspecified atom stereocenters. The van der Waals surface area contributed by atoms with Gasteiger partial charge in [-0.15, -0.1) is 0 Å². The maximum absolute atomic E-state index is 13.2. The van der Waals surface area contributed by atoms with E-state index in [4.69, 9.17) is 22.1 Å². The third-order valence-corrected chi connectivity index (χ3v) is 3.45. The third kappa shape index (κ3) is 2.70. The van der Waals surface area contributed by atoms with Crippen LogP contribution in [-0.4, -0.2) is 25.3 Å². The van der Waals surface area contributed by atoms with Crippen LogP contribution in [0.3, 0.4) is 0 Å². The molecule has 1 saturated carbocycles. The molecule has 0 aromatic heterocycles. The molecule has 0 atom stereocenters. The number of benzene rings is 1. The lowest BCUT2D eigenvalue weighted by Gasteiger charge is -2.47. The van der Waals surface area contributed by atoms with Crippen LogP contribution in [0.25, 0.3) is 0 Å². The first-order chi connectivity index (χ1) is 8.07. The highest BCUT2D eigenvalue weighted by Gasteiger charge is 2.43. The zero-order valence-electron chi connectivity index (χ0n) is 9.67. The lowest BCUT2D eigenvalue weighted by atomic mass is 9.74. The molecular formula is C12H16ClFN2O. The molecule has 5 heteroatoms. The molecule has 0 bridgehead atoms. The molecule has 0 saturated heterocycles. The molecule has 1 aromatic rings. The molecule has 1 aromatic carbocycles. The van der Waals surface area contributed by atoms with E-state index in [2.05, 4.69) is 5.32 Å². The molecule has 1 aliphatic rings. The SMILES string of the molecule is COC1CC(CN)(Nc2cc(F)cc(Cl)c2)C1. The van der Waals surface area contributed by atoms with E-state index < -0.39 is 0 Å². The summed E-state index contributed by atoms with van der Waals surface area (Å²) in [5.41, 5.74) is 6.23. The summed E-state index contributed by atoms with van der Waals surface area (Å²) in [4.78, 5) is 0. The summed E-state index contributed by atoms with van der Waals surface area (Å²) < 4.78 is 18.4. The second-order valence-corrected chi connectivity index (χ2v) is 4.97. The van der Waals surface area contributed by atoms with Crippen LogP contribution < -0.4 is 11.1 Å². The van der Waals surface area contributed by atoms with Gasteiger partial charge in [0.25, 0.3) is 0 Å². The van der Waals surface area contributed by atoms with Crippen LogP contribution in [-0.2, 0) is 4.74 Å². The molecule has 0 amide bonds. The fraction of sp³-hybridized carbons (Fsp3) is 0.500. The first-order valence-electron chi connectivity index (χ1n) is 5.54. The molecule has 0 spiro atoms. The van der Waals surface area contributed by atoms with Crippen LogP contribution in [0, 0.1) is 5.82 Å². The highest BCUT2D eigenvalue weighted by Crippen LogP contribution is 2.37. The van der Waals surface area contributed by atoms with Crippen LogP contribution in [0.2, 0.25) is 5.02 Å². The molecule has 94 valence electrons. The highest BCUT2D eigenvalue weighted by molar-refractivity contribution is 6.30. The van der Waals surface area contributed by atoms with Crippen molar-refractivity contribution < 1.29 is 9.13 Å². The van der Waals surface area contributed by atoms with Crippen molar-refractivity contribution in [1.29, 1.82) is 0 Å². The molecule has 0 heterocycles. The van der Waals surface area contributed by atoms with Gasteiger partial charge in [-0.25, -0.2) is 4.39 Å². The zero-order chi connectivity index (χ0) is 12.5. The second kappa shape index (κ2) is 4.80. The third-order valence-electron chi connectivity index (χ3n) is 3.23. The smallest absolute Gasteiger partial charge is 0.126 e. The van der Waals surface area contributed by atoms with E-state index in [-0.39, 0.29) is 17.5 Å². The molecular weight excluding hydrogens is 243 g/mol. The van der Waals surface area contributed by atoms with E-state index in [0.717, 1.165) is 12.8 Å². The first kappa shape index (κ1) is 12.6. The van der Waals surface area contributed by atoms with Crippen molar-refractivity contribution in [2.45, 2.75) is 24.5 Å². The van der Waals surface area contributed by atoms with Gasteiger partial charge in [0, 0.05) is 24.4 Å². The number of rotatable bonds is 4. The molecule has 3 N–H and O–H groups in total. The Morgan fingerprint density at radius 1 is 1.53 bits per heavy atom. The standard InChI is InChI=1S/C12H16ClFN2O/c1-17-11-5-12(6-11,7-15)16-10-3-8(13)2-9(14)4-10/h2-4,11,16H,5-7,15H2,1H3. The van der Waals surface area contributed by atoms with Gasteiger partial charge in [-0.1, -0.05) is 11.6 Å². The summed E-state index contributed by atoms with van der Waals surface area (Å²) in [6, 6.07) is 4.40. The predicted molar refractivity (Wildman–Crippen MR) is 66.8 cm³/mol. The van der Waals surface area contributed by atoms with Crippen molar-refractivity contribution in [2.75, 3.05) is 19.0 Å². The second-order valence-electron chi connectivity index (χ2n) is 4.53. The predicted octanol–water partition coefficient (Wildman–Crippen LogP) is 2.40. The topological polar surface area (TPSA) is 47.3 Å². The average Bonchev–Trinajstić information content (AvgIpc) is 2.21. The van der Waals surface area contributed by atoms with Crippen molar-refractivity contribution in [2.24, 2.45) is 5.73 Å². The molecule has 0 aliphatic heterocycles. The van der Waals surface area contributed by atoms with E-state index in [9.17, 15) is 4.39 Å². The van der Waals surface area contributed by atoms with Crippen molar-refractivity contribution in [3.8, 4) is 0 Å². The summed E-state index contributed by atoms with van der Waals surface area (Å²) in [6.07, 6.45) is 1.89. The Kier molecular flexibility index (Phi) is 3.56. The minimum Gasteiger partial charge on any atom is -0.381 e.